The number of hydrogen-bond acceptors (Lipinski definition) is 8. The van der Waals surface area contributed by atoms with E-state index < -0.39 is 49.5 Å². The average Bonchev–Trinajstić information content (AvgIpc) is 1.02. The molecule has 6 N–H and O–H groups in total. The van der Waals surface area contributed by atoms with Crippen molar-refractivity contribution in [2.75, 3.05) is 13.2 Å². The van der Waals surface area contributed by atoms with Gasteiger partial charge in [0.2, 0.25) is 5.91 Å². The highest BCUT2D eigenvalue weighted by Crippen LogP contribution is 2.25. The zero-order chi connectivity index (χ0) is 67.1. The van der Waals surface area contributed by atoms with Gasteiger partial charge in [-0.15, -0.1) is 0 Å². The van der Waals surface area contributed by atoms with E-state index in [0.29, 0.717) is 12.8 Å². The number of nitrogens with one attached hydrogen (secondary N) is 1. The molecule has 1 saturated heterocycles. The molecule has 556 valence electrons. The Morgan fingerprint density at radius 1 is 0.323 bits per heavy atom. The molecule has 1 amide bonds. The van der Waals surface area contributed by atoms with Crippen LogP contribution in [-0.2, 0) is 14.3 Å². The van der Waals surface area contributed by atoms with E-state index in [0.717, 1.165) is 38.5 Å². The maximum atomic E-state index is 13.2. The van der Waals surface area contributed by atoms with E-state index in [1.807, 2.05) is 0 Å². The lowest BCUT2D eigenvalue weighted by molar-refractivity contribution is -0.302. The predicted octanol–water partition coefficient (Wildman–Crippen LogP) is 24.8. The molecular formula is C84H167NO8. The van der Waals surface area contributed by atoms with E-state index in [-0.39, 0.29) is 12.5 Å². The Morgan fingerprint density at radius 3 is 0.763 bits per heavy atom. The molecule has 0 spiro atoms. The van der Waals surface area contributed by atoms with Crippen LogP contribution in [0.3, 0.4) is 0 Å². The van der Waals surface area contributed by atoms with Crippen LogP contribution in [-0.4, -0.2) is 87.5 Å². The van der Waals surface area contributed by atoms with Crippen molar-refractivity contribution in [3.63, 3.8) is 0 Å². The molecule has 9 heteroatoms. The van der Waals surface area contributed by atoms with Crippen LogP contribution in [0.1, 0.15) is 476 Å². The average molecular weight is 1320 g/mol. The highest BCUT2D eigenvalue weighted by molar-refractivity contribution is 5.76. The molecule has 0 aromatic heterocycles. The highest BCUT2D eigenvalue weighted by atomic mass is 16.7. The topological polar surface area (TPSA) is 149 Å². The van der Waals surface area contributed by atoms with E-state index in [1.54, 1.807) is 0 Å². The monoisotopic (exact) mass is 1320 g/mol. The molecule has 7 atom stereocenters. The van der Waals surface area contributed by atoms with E-state index >= 15 is 0 Å². The minimum absolute atomic E-state index is 0.130. The summed E-state index contributed by atoms with van der Waals surface area (Å²) in [5, 5.41) is 55.2. The molecule has 1 heterocycles. The first-order chi connectivity index (χ1) is 45.8. The van der Waals surface area contributed by atoms with Crippen molar-refractivity contribution in [3.8, 4) is 0 Å². The molecule has 1 fully saturated rings. The van der Waals surface area contributed by atoms with E-state index in [4.69, 9.17) is 9.47 Å². The third-order valence-electron chi connectivity index (χ3n) is 21.2. The fraction of sp³-hybridized carbons (Fsp3) is 0.988. The van der Waals surface area contributed by atoms with Crippen LogP contribution in [0.5, 0.6) is 0 Å². The first kappa shape index (κ1) is 90.2. The second-order valence-corrected chi connectivity index (χ2v) is 30.4. The summed E-state index contributed by atoms with van der Waals surface area (Å²) in [6, 6.07) is -0.717. The fourth-order valence-electron chi connectivity index (χ4n) is 14.6. The van der Waals surface area contributed by atoms with Crippen LogP contribution in [0.15, 0.2) is 0 Å². The van der Waals surface area contributed by atoms with Crippen molar-refractivity contribution in [1.82, 2.24) is 5.32 Å². The summed E-state index contributed by atoms with van der Waals surface area (Å²) in [6.45, 7) is 3.93. The minimum atomic E-state index is -1.55. The van der Waals surface area contributed by atoms with Gasteiger partial charge in [0.05, 0.1) is 25.4 Å². The van der Waals surface area contributed by atoms with Gasteiger partial charge in [0, 0.05) is 6.42 Å². The Labute approximate surface area is 580 Å². The number of rotatable bonds is 78. The largest absolute Gasteiger partial charge is 0.394 e. The van der Waals surface area contributed by atoms with Crippen molar-refractivity contribution < 1.29 is 39.8 Å². The molecule has 0 aliphatic carbocycles. The molecule has 0 aromatic rings. The minimum Gasteiger partial charge on any atom is -0.394 e. The molecule has 1 aliphatic rings. The van der Waals surface area contributed by atoms with Crippen molar-refractivity contribution in [2.45, 2.75) is 519 Å². The normalized spacial score (nSPS) is 17.4. The van der Waals surface area contributed by atoms with Gasteiger partial charge in [-0.2, -0.15) is 0 Å². The van der Waals surface area contributed by atoms with Crippen molar-refractivity contribution in [2.24, 2.45) is 0 Å². The molecule has 7 unspecified atom stereocenters. The third kappa shape index (κ3) is 62.0. The fourth-order valence-corrected chi connectivity index (χ4v) is 14.6. The van der Waals surface area contributed by atoms with Gasteiger partial charge in [0.15, 0.2) is 6.29 Å². The van der Waals surface area contributed by atoms with Crippen molar-refractivity contribution >= 4 is 5.91 Å². The summed E-state index contributed by atoms with van der Waals surface area (Å²) in [5.41, 5.74) is 0. The Morgan fingerprint density at radius 2 is 0.538 bits per heavy atom. The second-order valence-electron chi connectivity index (χ2n) is 30.4. The zero-order valence-corrected chi connectivity index (χ0v) is 62.8. The lowest BCUT2D eigenvalue weighted by Crippen LogP contribution is -2.60. The van der Waals surface area contributed by atoms with E-state index in [1.165, 1.54) is 411 Å². The summed E-state index contributed by atoms with van der Waals surface area (Å²) >= 11 is 0. The standard InChI is InChI=1S/C84H167NO8/c1-3-5-7-9-11-13-15-17-19-21-23-25-27-29-31-33-35-36-37-38-39-40-41-42-44-46-48-50-52-54-56-58-60-62-64-66-68-70-72-74-80(88)85-77(76-92-84-83(91)82(90)81(89)79(75-86)93-84)78(87)73-71-69-67-65-63-61-59-57-55-53-51-49-47-45-43-34-32-30-28-26-24-22-20-18-16-14-12-10-8-6-4-2/h77-79,81-84,86-87,89-91H,3-76H2,1-2H3,(H,85,88). The lowest BCUT2D eigenvalue weighted by Gasteiger charge is -2.40. The van der Waals surface area contributed by atoms with Gasteiger partial charge in [0.25, 0.3) is 0 Å². The SMILES string of the molecule is CCCCCCCCCCCCCCCCCCCCCCCCCCCCCCCCCCCCCCCCCC(=O)NC(COC1OC(CO)C(O)C(O)C1O)C(O)CCCCCCCCCCCCCCCCCCCCCCCCCCCCCCCCC. The van der Waals surface area contributed by atoms with Gasteiger partial charge in [0.1, 0.15) is 24.4 Å². The quantitative estimate of drug-likeness (QED) is 0.0330. The van der Waals surface area contributed by atoms with Crippen LogP contribution in [0.4, 0.5) is 0 Å². The van der Waals surface area contributed by atoms with Gasteiger partial charge in [-0.25, -0.2) is 0 Å². The predicted molar refractivity (Wildman–Crippen MR) is 401 cm³/mol. The summed E-state index contributed by atoms with van der Waals surface area (Å²) in [7, 11) is 0. The van der Waals surface area contributed by atoms with Gasteiger partial charge in [-0.1, -0.05) is 457 Å². The summed E-state index contributed by atoms with van der Waals surface area (Å²) in [6.07, 6.45) is 89.6. The Bertz CT molecular complexity index is 1430. The van der Waals surface area contributed by atoms with Gasteiger partial charge >= 0.3 is 0 Å². The molecule has 1 aliphatic heterocycles. The summed E-state index contributed by atoms with van der Waals surface area (Å²) < 4.78 is 11.4. The second kappa shape index (κ2) is 73.9. The Kier molecular flexibility index (Phi) is 71.7. The first-order valence-corrected chi connectivity index (χ1v) is 42.7. The van der Waals surface area contributed by atoms with E-state index in [9.17, 15) is 30.3 Å². The zero-order valence-electron chi connectivity index (χ0n) is 62.8. The maximum Gasteiger partial charge on any atom is 0.220 e. The van der Waals surface area contributed by atoms with Crippen molar-refractivity contribution in [1.29, 1.82) is 0 Å². The van der Waals surface area contributed by atoms with Gasteiger partial charge < -0.3 is 40.3 Å². The van der Waals surface area contributed by atoms with Crippen LogP contribution >= 0.6 is 0 Å². The number of carbonyl (C=O) groups excluding carboxylic acids is 1. The number of aliphatic hydroxyl groups is 5. The number of carbonyl (C=O) groups is 1. The summed E-state index contributed by atoms with van der Waals surface area (Å²) in [5.74, 6) is -0.131. The third-order valence-corrected chi connectivity index (χ3v) is 21.2. The number of amides is 1. The smallest absolute Gasteiger partial charge is 0.220 e. The lowest BCUT2D eigenvalue weighted by atomic mass is 9.99. The molecule has 0 aromatic carbocycles. The van der Waals surface area contributed by atoms with E-state index in [2.05, 4.69) is 19.2 Å². The number of ether oxygens (including phenoxy) is 2. The highest BCUT2D eigenvalue weighted by Gasteiger charge is 2.44. The number of aliphatic hydroxyl groups excluding tert-OH is 5. The van der Waals surface area contributed by atoms with Crippen LogP contribution in [0.2, 0.25) is 0 Å². The van der Waals surface area contributed by atoms with Crippen LogP contribution < -0.4 is 5.32 Å². The molecule has 93 heavy (non-hydrogen) atoms. The van der Waals surface area contributed by atoms with Crippen molar-refractivity contribution in [3.05, 3.63) is 0 Å². The van der Waals surface area contributed by atoms with Crippen LogP contribution in [0, 0.1) is 0 Å². The Balaban J connectivity index is 2.00. The first-order valence-electron chi connectivity index (χ1n) is 42.7. The van der Waals surface area contributed by atoms with Crippen LogP contribution in [0.25, 0.3) is 0 Å². The van der Waals surface area contributed by atoms with Gasteiger partial charge in [-0.05, 0) is 12.8 Å². The molecule has 0 saturated carbocycles. The molecular weight excluding hydrogens is 1150 g/mol. The Hall–Kier alpha value is -0.810. The maximum absolute atomic E-state index is 13.2. The molecule has 1 rings (SSSR count). The van der Waals surface area contributed by atoms with Gasteiger partial charge in [-0.3, -0.25) is 4.79 Å². The number of unbranched alkanes of at least 4 members (excludes halogenated alkanes) is 68. The molecule has 9 nitrogen and oxygen atoms in total. The number of hydrogen-bond donors (Lipinski definition) is 6. The molecule has 0 bridgehead atoms. The summed E-state index contributed by atoms with van der Waals surface area (Å²) in [4.78, 5) is 13.2. The molecule has 0 radical (unpaired) electrons.